The van der Waals surface area contributed by atoms with Crippen molar-refractivity contribution in [3.05, 3.63) is 41.2 Å². The summed E-state index contributed by atoms with van der Waals surface area (Å²) in [5, 5.41) is 6.38. The zero-order chi connectivity index (χ0) is 13.9. The summed E-state index contributed by atoms with van der Waals surface area (Å²) in [6.45, 7) is 0. The van der Waals surface area contributed by atoms with Crippen LogP contribution in [0.25, 0.3) is 11.4 Å². The standard InChI is InChI=1S/C13H12N4O2S/c1-18-10-4-2-3-8(5-10)12-16-11(19-17-12)6-9-7-20-13(14)15-9/h2-5,7H,6H2,1H3,(H2,14,15). The van der Waals surface area contributed by atoms with Crippen molar-refractivity contribution in [2.75, 3.05) is 12.8 Å². The minimum Gasteiger partial charge on any atom is -0.497 e. The molecule has 2 N–H and O–H groups in total. The molecule has 0 aliphatic carbocycles. The normalized spacial score (nSPS) is 10.7. The lowest BCUT2D eigenvalue weighted by molar-refractivity contribution is 0.385. The van der Waals surface area contributed by atoms with Crippen LogP contribution in [0.5, 0.6) is 5.75 Å². The second-order valence-corrected chi connectivity index (χ2v) is 4.99. The van der Waals surface area contributed by atoms with Crippen LogP contribution < -0.4 is 10.5 Å². The average Bonchev–Trinajstić information content (AvgIpc) is 3.09. The van der Waals surface area contributed by atoms with Crippen molar-refractivity contribution in [2.24, 2.45) is 0 Å². The molecular formula is C13H12N4O2S. The highest BCUT2D eigenvalue weighted by atomic mass is 32.1. The Morgan fingerprint density at radius 3 is 3.00 bits per heavy atom. The summed E-state index contributed by atoms with van der Waals surface area (Å²) >= 11 is 1.39. The topological polar surface area (TPSA) is 87.1 Å². The predicted molar refractivity (Wildman–Crippen MR) is 75.6 cm³/mol. The summed E-state index contributed by atoms with van der Waals surface area (Å²) in [6, 6.07) is 7.50. The van der Waals surface area contributed by atoms with E-state index in [0.717, 1.165) is 17.0 Å². The first kappa shape index (κ1) is 12.6. The highest BCUT2D eigenvalue weighted by Gasteiger charge is 2.11. The fourth-order valence-corrected chi connectivity index (χ4v) is 2.33. The van der Waals surface area contributed by atoms with Gasteiger partial charge in [-0.15, -0.1) is 11.3 Å². The molecule has 0 atom stereocenters. The molecule has 0 saturated carbocycles. The van der Waals surface area contributed by atoms with Crippen molar-refractivity contribution in [3.8, 4) is 17.1 Å². The first-order valence-corrected chi connectivity index (χ1v) is 6.79. The lowest BCUT2D eigenvalue weighted by Crippen LogP contribution is -1.90. The molecule has 0 aliphatic rings. The third-order valence-corrected chi connectivity index (χ3v) is 3.42. The van der Waals surface area contributed by atoms with Crippen molar-refractivity contribution in [2.45, 2.75) is 6.42 Å². The number of anilines is 1. The number of methoxy groups -OCH3 is 1. The van der Waals surface area contributed by atoms with Crippen molar-refractivity contribution in [1.82, 2.24) is 15.1 Å². The second-order valence-electron chi connectivity index (χ2n) is 4.10. The summed E-state index contributed by atoms with van der Waals surface area (Å²) in [6.07, 6.45) is 0.477. The van der Waals surface area contributed by atoms with E-state index in [-0.39, 0.29) is 0 Å². The molecule has 0 fully saturated rings. The number of ether oxygens (including phenoxy) is 1. The van der Waals surface area contributed by atoms with E-state index in [0.29, 0.717) is 23.3 Å². The van der Waals surface area contributed by atoms with Gasteiger partial charge in [-0.3, -0.25) is 0 Å². The highest BCUT2D eigenvalue weighted by Crippen LogP contribution is 2.22. The van der Waals surface area contributed by atoms with Gasteiger partial charge in [0.1, 0.15) is 5.75 Å². The maximum atomic E-state index is 5.59. The van der Waals surface area contributed by atoms with E-state index in [1.54, 1.807) is 7.11 Å². The molecule has 20 heavy (non-hydrogen) atoms. The van der Waals surface area contributed by atoms with Crippen molar-refractivity contribution in [3.63, 3.8) is 0 Å². The number of thiazole rings is 1. The van der Waals surface area contributed by atoms with Crippen molar-refractivity contribution < 1.29 is 9.26 Å². The number of hydrogen-bond donors (Lipinski definition) is 1. The van der Waals surface area contributed by atoms with Gasteiger partial charge in [0, 0.05) is 10.9 Å². The minimum atomic E-state index is 0.477. The lowest BCUT2D eigenvalue weighted by atomic mass is 10.2. The second kappa shape index (κ2) is 5.30. The molecule has 2 heterocycles. The first-order chi connectivity index (χ1) is 9.74. The van der Waals surface area contributed by atoms with Gasteiger partial charge in [0.15, 0.2) is 5.13 Å². The van der Waals surface area contributed by atoms with Crippen LogP contribution in [0.1, 0.15) is 11.6 Å². The van der Waals surface area contributed by atoms with Crippen molar-refractivity contribution in [1.29, 1.82) is 0 Å². The number of nitrogens with two attached hydrogens (primary N) is 1. The number of aromatic nitrogens is 3. The van der Waals surface area contributed by atoms with E-state index < -0.39 is 0 Å². The van der Waals surface area contributed by atoms with Gasteiger partial charge in [-0.2, -0.15) is 4.98 Å². The third kappa shape index (κ3) is 2.62. The van der Waals surface area contributed by atoms with Crippen LogP contribution in [0, 0.1) is 0 Å². The Labute approximate surface area is 119 Å². The molecule has 3 rings (SSSR count). The van der Waals surface area contributed by atoms with Crippen LogP contribution >= 0.6 is 11.3 Å². The number of nitrogen functional groups attached to an aromatic ring is 1. The van der Waals surface area contributed by atoms with E-state index >= 15 is 0 Å². The van der Waals surface area contributed by atoms with Gasteiger partial charge in [0.2, 0.25) is 11.7 Å². The van der Waals surface area contributed by atoms with Gasteiger partial charge in [-0.05, 0) is 12.1 Å². The molecule has 0 bridgehead atoms. The minimum absolute atomic E-state index is 0.477. The van der Waals surface area contributed by atoms with E-state index in [1.807, 2.05) is 29.6 Å². The van der Waals surface area contributed by atoms with Crippen LogP contribution in [-0.2, 0) is 6.42 Å². The smallest absolute Gasteiger partial charge is 0.233 e. The predicted octanol–water partition coefficient (Wildman–Crippen LogP) is 2.37. The van der Waals surface area contributed by atoms with Gasteiger partial charge in [-0.1, -0.05) is 17.3 Å². The van der Waals surface area contributed by atoms with E-state index in [1.165, 1.54) is 11.3 Å². The molecular weight excluding hydrogens is 276 g/mol. The van der Waals surface area contributed by atoms with Crippen LogP contribution in [0.15, 0.2) is 34.2 Å². The number of rotatable bonds is 4. The summed E-state index contributed by atoms with van der Waals surface area (Å²) < 4.78 is 10.4. The SMILES string of the molecule is COc1cccc(-c2noc(Cc3csc(N)n3)n2)c1. The quantitative estimate of drug-likeness (QED) is 0.793. The van der Waals surface area contributed by atoms with Gasteiger partial charge in [0.25, 0.3) is 0 Å². The molecule has 3 aromatic rings. The van der Waals surface area contributed by atoms with Crippen LogP contribution in [0.4, 0.5) is 5.13 Å². The van der Waals surface area contributed by atoms with Crippen LogP contribution in [-0.4, -0.2) is 22.2 Å². The molecule has 0 unspecified atom stereocenters. The lowest BCUT2D eigenvalue weighted by Gasteiger charge is -1.99. The van der Waals surface area contributed by atoms with Gasteiger partial charge in [-0.25, -0.2) is 4.98 Å². The van der Waals surface area contributed by atoms with E-state index in [9.17, 15) is 0 Å². The third-order valence-electron chi connectivity index (χ3n) is 2.70. The molecule has 0 amide bonds. The first-order valence-electron chi connectivity index (χ1n) is 5.91. The fourth-order valence-electron chi connectivity index (χ4n) is 1.76. The van der Waals surface area contributed by atoms with E-state index in [4.69, 9.17) is 15.0 Å². The van der Waals surface area contributed by atoms with Gasteiger partial charge in [0.05, 0.1) is 19.2 Å². The Hall–Kier alpha value is -2.41. The molecule has 102 valence electrons. The highest BCUT2D eigenvalue weighted by molar-refractivity contribution is 7.13. The summed E-state index contributed by atoms with van der Waals surface area (Å²) in [5.41, 5.74) is 7.26. The molecule has 2 aromatic heterocycles. The maximum Gasteiger partial charge on any atom is 0.233 e. The Bertz CT molecular complexity index is 722. The monoisotopic (exact) mass is 288 g/mol. The van der Waals surface area contributed by atoms with E-state index in [2.05, 4.69) is 15.1 Å². The molecule has 0 aliphatic heterocycles. The number of nitrogens with zero attached hydrogens (tertiary/aromatic N) is 3. The Kier molecular flexibility index (Phi) is 3.34. The number of hydrogen-bond acceptors (Lipinski definition) is 7. The Morgan fingerprint density at radius 1 is 1.35 bits per heavy atom. The molecule has 6 nitrogen and oxygen atoms in total. The summed E-state index contributed by atoms with van der Waals surface area (Å²) in [5.74, 6) is 1.79. The molecule has 7 heteroatoms. The largest absolute Gasteiger partial charge is 0.497 e. The summed E-state index contributed by atoms with van der Waals surface area (Å²) in [7, 11) is 1.62. The average molecular weight is 288 g/mol. The molecule has 0 spiro atoms. The van der Waals surface area contributed by atoms with Gasteiger partial charge < -0.3 is 15.0 Å². The van der Waals surface area contributed by atoms with Gasteiger partial charge >= 0.3 is 0 Å². The van der Waals surface area contributed by atoms with Crippen LogP contribution in [0.3, 0.4) is 0 Å². The summed E-state index contributed by atoms with van der Waals surface area (Å²) in [4.78, 5) is 8.51. The fraction of sp³-hybridized carbons (Fsp3) is 0.154. The molecule has 0 saturated heterocycles. The number of benzene rings is 1. The van der Waals surface area contributed by atoms with Crippen molar-refractivity contribution >= 4 is 16.5 Å². The Balaban J connectivity index is 1.82. The molecule has 1 aromatic carbocycles. The van der Waals surface area contributed by atoms with Crippen LogP contribution in [0.2, 0.25) is 0 Å². The maximum absolute atomic E-state index is 5.59. The Morgan fingerprint density at radius 2 is 2.25 bits per heavy atom. The molecule has 0 radical (unpaired) electrons. The zero-order valence-electron chi connectivity index (χ0n) is 10.7. The zero-order valence-corrected chi connectivity index (χ0v) is 11.6.